The molecule has 1 aromatic heterocycles. The third-order valence-corrected chi connectivity index (χ3v) is 5.92. The summed E-state index contributed by atoms with van der Waals surface area (Å²) in [6.45, 7) is 6.04. The van der Waals surface area contributed by atoms with E-state index in [1.807, 2.05) is 51.1 Å². The van der Waals surface area contributed by atoms with Crippen molar-refractivity contribution in [2.24, 2.45) is 0 Å². The summed E-state index contributed by atoms with van der Waals surface area (Å²) in [4.78, 5) is 31.7. The predicted octanol–water partition coefficient (Wildman–Crippen LogP) is 5.26. The van der Waals surface area contributed by atoms with E-state index < -0.39 is 17.2 Å². The van der Waals surface area contributed by atoms with Gasteiger partial charge in [-0.3, -0.25) is 9.78 Å². The van der Waals surface area contributed by atoms with E-state index in [-0.39, 0.29) is 19.0 Å². The Morgan fingerprint density at radius 3 is 2.26 bits per heavy atom. The van der Waals surface area contributed by atoms with Crippen LogP contribution in [0.1, 0.15) is 42.3 Å². The predicted molar refractivity (Wildman–Crippen MR) is 136 cm³/mol. The first-order chi connectivity index (χ1) is 16.6. The van der Waals surface area contributed by atoms with Gasteiger partial charge in [-0.2, -0.15) is 0 Å². The fraction of sp³-hybridized carbons (Fsp3) is 0.250. The number of benzene rings is 2. The molecule has 0 aliphatic carbocycles. The van der Waals surface area contributed by atoms with E-state index in [2.05, 4.69) is 16.2 Å². The summed E-state index contributed by atoms with van der Waals surface area (Å²) in [6.07, 6.45) is 6.61. The molecule has 1 saturated heterocycles. The second kappa shape index (κ2) is 9.44. The maximum absolute atomic E-state index is 13.1. The smallest absolute Gasteiger partial charge is 0.410 e. The Kier molecular flexibility index (Phi) is 6.56. The Balaban J connectivity index is 1.59. The van der Waals surface area contributed by atoms with Crippen molar-refractivity contribution in [3.05, 3.63) is 88.6 Å². The molecule has 1 fully saturated rings. The number of carbonyl (C=O) groups is 2. The number of terminal acetylenes is 1. The largest absolute Gasteiger partial charge is 0.444 e. The summed E-state index contributed by atoms with van der Waals surface area (Å²) in [5, 5.41) is 3.71. The number of carbonyl (C=O) groups excluding carboxylic acids is 2. The van der Waals surface area contributed by atoms with Crippen molar-refractivity contribution in [2.75, 3.05) is 13.1 Å². The molecule has 4 rings (SSSR count). The van der Waals surface area contributed by atoms with Crippen LogP contribution in [0.5, 0.6) is 0 Å². The third-order valence-electron chi connectivity index (χ3n) is 5.70. The normalized spacial score (nSPS) is 14.4. The topological polar surface area (TPSA) is 71.5 Å². The van der Waals surface area contributed by atoms with E-state index in [9.17, 15) is 9.59 Å². The van der Waals surface area contributed by atoms with Gasteiger partial charge in [-0.15, -0.1) is 6.42 Å². The summed E-state index contributed by atoms with van der Waals surface area (Å²) in [5.74, 6) is 2.30. The summed E-state index contributed by atoms with van der Waals surface area (Å²) >= 11 is 5.95. The zero-order chi connectivity index (χ0) is 25.2. The second-order valence-corrected chi connectivity index (χ2v) is 9.97. The number of nitrogens with zero attached hydrogens (tertiary/aromatic N) is 2. The number of hydrogen-bond acceptors (Lipinski definition) is 4. The minimum absolute atomic E-state index is 0.249. The van der Waals surface area contributed by atoms with Gasteiger partial charge in [0, 0.05) is 22.9 Å². The van der Waals surface area contributed by atoms with Gasteiger partial charge < -0.3 is 15.0 Å². The summed E-state index contributed by atoms with van der Waals surface area (Å²) in [5.41, 5.74) is 2.40. The zero-order valence-electron chi connectivity index (χ0n) is 19.8. The van der Waals surface area contributed by atoms with E-state index in [1.54, 1.807) is 41.4 Å². The average molecular weight is 488 g/mol. The van der Waals surface area contributed by atoms with Gasteiger partial charge in [0.25, 0.3) is 5.91 Å². The fourth-order valence-electron chi connectivity index (χ4n) is 3.91. The lowest BCUT2D eigenvalue weighted by Crippen LogP contribution is -2.69. The molecule has 178 valence electrons. The molecular formula is C28H26ClN3O3. The number of amides is 2. The van der Waals surface area contributed by atoms with E-state index >= 15 is 0 Å². The Morgan fingerprint density at radius 1 is 1.06 bits per heavy atom. The highest BCUT2D eigenvalue weighted by Gasteiger charge is 2.49. The first-order valence-corrected chi connectivity index (χ1v) is 11.6. The van der Waals surface area contributed by atoms with Crippen molar-refractivity contribution in [1.82, 2.24) is 15.2 Å². The highest BCUT2D eigenvalue weighted by molar-refractivity contribution is 6.30. The molecule has 1 aliphatic rings. The standard InChI is InChI=1S/C28H26ClN3O3/c1-5-19-6-8-21(9-7-19)25(33)31-28(17-32(18-28)26(34)35-27(2,3)4)22-12-10-20(11-13-22)24-15-14-23(29)16-30-24/h1,6-16H,17-18H2,2-4H3,(H,31,33). The van der Waals surface area contributed by atoms with Crippen molar-refractivity contribution in [2.45, 2.75) is 31.9 Å². The highest BCUT2D eigenvalue weighted by Crippen LogP contribution is 2.35. The van der Waals surface area contributed by atoms with Crippen LogP contribution >= 0.6 is 11.6 Å². The zero-order valence-corrected chi connectivity index (χ0v) is 20.6. The van der Waals surface area contributed by atoms with Crippen LogP contribution in [0.15, 0.2) is 66.9 Å². The molecule has 0 unspecified atom stereocenters. The first kappa shape index (κ1) is 24.3. The molecule has 2 amide bonds. The van der Waals surface area contributed by atoms with Gasteiger partial charge in [0.05, 0.1) is 23.8 Å². The van der Waals surface area contributed by atoms with Crippen molar-refractivity contribution in [1.29, 1.82) is 0 Å². The van der Waals surface area contributed by atoms with Gasteiger partial charge in [-0.1, -0.05) is 41.8 Å². The number of ether oxygens (including phenoxy) is 1. The maximum atomic E-state index is 13.1. The van der Waals surface area contributed by atoms with E-state index in [0.29, 0.717) is 16.1 Å². The van der Waals surface area contributed by atoms with E-state index in [4.69, 9.17) is 22.8 Å². The quantitative estimate of drug-likeness (QED) is 0.509. The van der Waals surface area contributed by atoms with E-state index in [1.165, 1.54) is 0 Å². The van der Waals surface area contributed by atoms with E-state index in [0.717, 1.165) is 16.8 Å². The van der Waals surface area contributed by atoms with Crippen LogP contribution in [-0.2, 0) is 10.3 Å². The van der Waals surface area contributed by atoms with Gasteiger partial charge in [-0.05, 0) is 62.7 Å². The molecular weight excluding hydrogens is 462 g/mol. The Bertz CT molecular complexity index is 1270. The number of rotatable bonds is 4. The lowest BCUT2D eigenvalue weighted by atomic mass is 9.81. The SMILES string of the molecule is C#Cc1ccc(C(=O)NC2(c3ccc(-c4ccc(Cl)cn4)cc3)CN(C(=O)OC(C)(C)C)C2)cc1. The summed E-state index contributed by atoms with van der Waals surface area (Å²) in [6, 6.07) is 18.2. The number of halogens is 1. The van der Waals surface area contributed by atoms with Gasteiger partial charge in [0.15, 0.2) is 0 Å². The molecule has 3 aromatic rings. The third kappa shape index (κ3) is 5.47. The monoisotopic (exact) mass is 487 g/mol. The minimum Gasteiger partial charge on any atom is -0.444 e. The Hall–Kier alpha value is -3.82. The van der Waals surface area contributed by atoms with Crippen LogP contribution in [0.3, 0.4) is 0 Å². The number of hydrogen-bond donors (Lipinski definition) is 1. The Morgan fingerprint density at radius 2 is 1.71 bits per heavy atom. The molecule has 0 saturated carbocycles. The fourth-order valence-corrected chi connectivity index (χ4v) is 4.02. The molecule has 0 spiro atoms. The molecule has 0 bridgehead atoms. The lowest BCUT2D eigenvalue weighted by molar-refractivity contribution is -0.0168. The molecule has 6 nitrogen and oxygen atoms in total. The van der Waals surface area contributed by atoms with Crippen molar-refractivity contribution in [3.63, 3.8) is 0 Å². The maximum Gasteiger partial charge on any atom is 0.410 e. The van der Waals surface area contributed by atoms with Crippen LogP contribution in [0.4, 0.5) is 4.79 Å². The number of aromatic nitrogens is 1. The van der Waals surface area contributed by atoms with Gasteiger partial charge >= 0.3 is 6.09 Å². The van der Waals surface area contributed by atoms with Crippen molar-refractivity contribution < 1.29 is 14.3 Å². The molecule has 35 heavy (non-hydrogen) atoms. The van der Waals surface area contributed by atoms with Crippen LogP contribution in [0.2, 0.25) is 5.02 Å². The number of pyridine rings is 1. The van der Waals surface area contributed by atoms with Crippen LogP contribution in [-0.4, -0.2) is 40.6 Å². The second-order valence-electron chi connectivity index (χ2n) is 9.53. The number of likely N-dealkylation sites (tertiary alicyclic amines) is 1. The Labute approximate surface area is 210 Å². The van der Waals surface area contributed by atoms with Gasteiger partial charge in [-0.25, -0.2) is 4.79 Å². The van der Waals surface area contributed by atoms with Crippen LogP contribution in [0, 0.1) is 12.3 Å². The summed E-state index contributed by atoms with van der Waals surface area (Å²) in [7, 11) is 0. The molecule has 1 N–H and O–H groups in total. The molecule has 1 aliphatic heterocycles. The van der Waals surface area contributed by atoms with Crippen molar-refractivity contribution >= 4 is 23.6 Å². The van der Waals surface area contributed by atoms with Crippen LogP contribution in [0.25, 0.3) is 11.3 Å². The molecule has 2 heterocycles. The van der Waals surface area contributed by atoms with Crippen LogP contribution < -0.4 is 5.32 Å². The molecule has 0 radical (unpaired) electrons. The highest BCUT2D eigenvalue weighted by atomic mass is 35.5. The van der Waals surface area contributed by atoms with Gasteiger partial charge in [0.2, 0.25) is 0 Å². The molecule has 7 heteroatoms. The van der Waals surface area contributed by atoms with Crippen molar-refractivity contribution in [3.8, 4) is 23.6 Å². The minimum atomic E-state index is -0.759. The van der Waals surface area contributed by atoms with Gasteiger partial charge in [0.1, 0.15) is 11.1 Å². The first-order valence-electron chi connectivity index (χ1n) is 11.2. The average Bonchev–Trinajstić information content (AvgIpc) is 2.80. The number of nitrogens with one attached hydrogen (secondary N) is 1. The summed E-state index contributed by atoms with van der Waals surface area (Å²) < 4.78 is 5.51. The molecule has 2 aromatic carbocycles. The lowest BCUT2D eigenvalue weighted by Gasteiger charge is -2.50. The molecule has 0 atom stereocenters.